The molecule has 0 aliphatic heterocycles. The van der Waals surface area contributed by atoms with Crippen LogP contribution in [0.3, 0.4) is 0 Å². The van der Waals surface area contributed by atoms with Crippen molar-refractivity contribution >= 4 is 34.3 Å². The first kappa shape index (κ1) is 17.6. The average molecular weight is 289 g/mol. The maximum atomic E-state index is 11.5. The maximum absolute atomic E-state index is 11.5. The second kappa shape index (κ2) is 7.93. The van der Waals surface area contributed by atoms with Crippen molar-refractivity contribution in [1.82, 2.24) is 0 Å². The van der Waals surface area contributed by atoms with Crippen molar-refractivity contribution in [2.45, 2.75) is 40.2 Å². The molecule has 0 atom stereocenters. The Balaban J connectivity index is 4.45. The fraction of sp³-hybridized carbons (Fsp3) is 0.667. The lowest BCUT2D eigenvalue weighted by Gasteiger charge is -2.18. The summed E-state index contributed by atoms with van der Waals surface area (Å²) in [6.07, 6.45) is 0. The Morgan fingerprint density at radius 3 is 2.21 bits per heavy atom. The van der Waals surface area contributed by atoms with Crippen LogP contribution < -0.4 is 0 Å². The van der Waals surface area contributed by atoms with Crippen LogP contribution in [0.2, 0.25) is 0 Å². The lowest BCUT2D eigenvalue weighted by atomic mass is 10.2. The molecule has 0 bridgehead atoms. The highest BCUT2D eigenvalue weighted by Crippen LogP contribution is 2.07. The van der Waals surface area contributed by atoms with Gasteiger partial charge in [-0.25, -0.2) is 4.79 Å². The van der Waals surface area contributed by atoms with E-state index in [2.05, 4.69) is 5.16 Å². The van der Waals surface area contributed by atoms with E-state index in [1.54, 1.807) is 27.7 Å². The number of carbonyl (C=O) groups excluding carboxylic acids is 3. The van der Waals surface area contributed by atoms with Crippen molar-refractivity contribution < 1.29 is 24.0 Å². The highest BCUT2D eigenvalue weighted by atomic mass is 32.2. The van der Waals surface area contributed by atoms with Gasteiger partial charge < -0.3 is 9.57 Å². The van der Waals surface area contributed by atoms with E-state index in [-0.39, 0.29) is 5.71 Å². The highest BCUT2D eigenvalue weighted by Gasteiger charge is 2.19. The SMILES string of the molecule is CCSC(=O)C(=NOCC(=O)OC(C)(C)C)C(C)=O. The molecule has 0 radical (unpaired) electrons. The predicted molar refractivity (Wildman–Crippen MR) is 73.1 cm³/mol. The molecule has 0 unspecified atom stereocenters. The fourth-order valence-corrected chi connectivity index (χ4v) is 1.55. The van der Waals surface area contributed by atoms with Crippen LogP contribution in [0, 0.1) is 0 Å². The number of oxime groups is 1. The lowest BCUT2D eigenvalue weighted by Crippen LogP contribution is -2.26. The van der Waals surface area contributed by atoms with Crippen LogP contribution in [0.15, 0.2) is 5.16 Å². The van der Waals surface area contributed by atoms with Crippen molar-refractivity contribution in [2.24, 2.45) is 5.16 Å². The van der Waals surface area contributed by atoms with Crippen LogP contribution in [0.4, 0.5) is 0 Å². The summed E-state index contributed by atoms with van der Waals surface area (Å²) in [4.78, 5) is 38.7. The molecule has 6 nitrogen and oxygen atoms in total. The Labute approximate surface area is 116 Å². The molecule has 0 saturated carbocycles. The zero-order valence-corrected chi connectivity index (χ0v) is 12.6. The zero-order chi connectivity index (χ0) is 15.1. The number of hydrogen-bond acceptors (Lipinski definition) is 7. The van der Waals surface area contributed by atoms with E-state index in [9.17, 15) is 14.4 Å². The molecule has 0 amide bonds. The van der Waals surface area contributed by atoms with E-state index >= 15 is 0 Å². The molecule has 7 heteroatoms. The predicted octanol–water partition coefficient (Wildman–Crippen LogP) is 1.57. The molecular weight excluding hydrogens is 270 g/mol. The molecule has 0 spiro atoms. The standard InChI is InChI=1S/C12H19NO5S/c1-6-19-11(16)10(8(2)14)13-17-7-9(15)18-12(3,4)5/h6-7H2,1-5H3. The summed E-state index contributed by atoms with van der Waals surface area (Å²) in [5.41, 5.74) is -0.933. The normalized spacial score (nSPS) is 11.9. The molecule has 0 aliphatic rings. The van der Waals surface area contributed by atoms with Crippen molar-refractivity contribution in [3.8, 4) is 0 Å². The van der Waals surface area contributed by atoms with Crippen molar-refractivity contribution in [2.75, 3.05) is 12.4 Å². The number of Topliss-reactive ketones (excluding diaryl/α,β-unsaturated/α-hetero) is 1. The van der Waals surface area contributed by atoms with E-state index in [1.807, 2.05) is 0 Å². The van der Waals surface area contributed by atoms with Crippen LogP contribution in [-0.2, 0) is 24.0 Å². The van der Waals surface area contributed by atoms with Gasteiger partial charge in [-0.1, -0.05) is 23.8 Å². The van der Waals surface area contributed by atoms with Gasteiger partial charge >= 0.3 is 5.97 Å². The van der Waals surface area contributed by atoms with E-state index in [4.69, 9.17) is 9.57 Å². The highest BCUT2D eigenvalue weighted by molar-refractivity contribution is 8.15. The molecule has 0 N–H and O–H groups in total. The van der Waals surface area contributed by atoms with Gasteiger partial charge in [-0.15, -0.1) is 0 Å². The molecular formula is C12H19NO5S. The Kier molecular flexibility index (Phi) is 7.36. The fourth-order valence-electron chi connectivity index (χ4n) is 0.965. The van der Waals surface area contributed by atoms with Gasteiger partial charge in [0.1, 0.15) is 5.60 Å². The van der Waals surface area contributed by atoms with E-state index in [0.717, 1.165) is 11.8 Å². The number of rotatable bonds is 6. The first-order valence-electron chi connectivity index (χ1n) is 5.77. The second-order valence-electron chi connectivity index (χ2n) is 4.58. The van der Waals surface area contributed by atoms with E-state index in [0.29, 0.717) is 5.75 Å². The number of carbonyl (C=O) groups is 3. The summed E-state index contributed by atoms with van der Waals surface area (Å²) in [6.45, 7) is 7.70. The maximum Gasteiger partial charge on any atom is 0.347 e. The zero-order valence-electron chi connectivity index (χ0n) is 11.8. The van der Waals surface area contributed by atoms with E-state index < -0.39 is 29.1 Å². The van der Waals surface area contributed by atoms with Gasteiger partial charge in [0.15, 0.2) is 11.5 Å². The number of esters is 1. The number of hydrogen-bond donors (Lipinski definition) is 0. The Morgan fingerprint density at radius 2 is 1.79 bits per heavy atom. The molecule has 0 saturated heterocycles. The molecule has 0 fully saturated rings. The molecule has 0 aromatic carbocycles. The Bertz CT molecular complexity index is 384. The minimum absolute atomic E-state index is 0.310. The van der Waals surface area contributed by atoms with Gasteiger partial charge in [0.05, 0.1) is 0 Å². The number of ketones is 1. The molecule has 0 aromatic heterocycles. The molecule has 108 valence electrons. The first-order valence-corrected chi connectivity index (χ1v) is 6.75. The number of thioether (sulfide) groups is 1. The van der Waals surface area contributed by atoms with Crippen LogP contribution in [-0.4, -0.2) is 40.5 Å². The van der Waals surface area contributed by atoms with Gasteiger partial charge in [0.2, 0.25) is 11.7 Å². The summed E-state index contributed by atoms with van der Waals surface area (Å²) in [6, 6.07) is 0. The van der Waals surface area contributed by atoms with Gasteiger partial charge in [0, 0.05) is 6.92 Å². The average Bonchev–Trinajstić information content (AvgIpc) is 2.21. The topological polar surface area (TPSA) is 82.0 Å². The van der Waals surface area contributed by atoms with Crippen LogP contribution >= 0.6 is 11.8 Å². The third-order valence-electron chi connectivity index (χ3n) is 1.56. The van der Waals surface area contributed by atoms with Gasteiger partial charge in [-0.05, 0) is 26.5 Å². The molecule has 0 aromatic rings. The van der Waals surface area contributed by atoms with Crippen LogP contribution in [0.5, 0.6) is 0 Å². The molecule has 0 heterocycles. The van der Waals surface area contributed by atoms with Crippen molar-refractivity contribution in [3.05, 3.63) is 0 Å². The first-order chi connectivity index (χ1) is 8.67. The minimum atomic E-state index is -0.624. The van der Waals surface area contributed by atoms with Gasteiger partial charge in [-0.2, -0.15) is 0 Å². The van der Waals surface area contributed by atoms with E-state index in [1.165, 1.54) is 6.92 Å². The van der Waals surface area contributed by atoms with Crippen molar-refractivity contribution in [1.29, 1.82) is 0 Å². The Morgan fingerprint density at radius 1 is 1.21 bits per heavy atom. The summed E-state index contributed by atoms with van der Waals surface area (Å²) in [7, 11) is 0. The van der Waals surface area contributed by atoms with Gasteiger partial charge in [0.25, 0.3) is 0 Å². The third kappa shape index (κ3) is 8.36. The summed E-state index contributed by atoms with van der Waals surface area (Å²) >= 11 is 0.950. The monoisotopic (exact) mass is 289 g/mol. The molecule has 0 rings (SSSR count). The quantitative estimate of drug-likeness (QED) is 0.319. The number of ether oxygens (including phenoxy) is 1. The molecule has 0 aliphatic carbocycles. The third-order valence-corrected chi connectivity index (χ3v) is 2.30. The minimum Gasteiger partial charge on any atom is -0.457 e. The van der Waals surface area contributed by atoms with Gasteiger partial charge in [-0.3, -0.25) is 9.59 Å². The summed E-state index contributed by atoms with van der Waals surface area (Å²) < 4.78 is 4.98. The largest absolute Gasteiger partial charge is 0.457 e. The summed E-state index contributed by atoms with van der Waals surface area (Å²) in [5, 5.41) is 2.93. The smallest absolute Gasteiger partial charge is 0.347 e. The summed E-state index contributed by atoms with van der Waals surface area (Å²) in [5.74, 6) is -0.595. The number of nitrogens with zero attached hydrogens (tertiary/aromatic N) is 1. The second-order valence-corrected chi connectivity index (χ2v) is 5.81. The van der Waals surface area contributed by atoms with Crippen LogP contribution in [0.1, 0.15) is 34.6 Å². The van der Waals surface area contributed by atoms with Crippen molar-refractivity contribution in [3.63, 3.8) is 0 Å². The Hall–Kier alpha value is -1.37. The molecule has 19 heavy (non-hydrogen) atoms. The lowest BCUT2D eigenvalue weighted by molar-refractivity contribution is -0.160. The van der Waals surface area contributed by atoms with Crippen LogP contribution in [0.25, 0.3) is 0 Å².